The van der Waals surface area contributed by atoms with Crippen LogP contribution in [0.25, 0.3) is 0 Å². The van der Waals surface area contributed by atoms with E-state index in [1.165, 1.54) is 4.90 Å². The molecule has 1 saturated heterocycles. The van der Waals surface area contributed by atoms with E-state index in [4.69, 9.17) is 4.74 Å². The maximum Gasteiger partial charge on any atom is 0.418 e. The predicted octanol–water partition coefficient (Wildman–Crippen LogP) is 1.80. The molecule has 5 heteroatoms. The van der Waals surface area contributed by atoms with Crippen molar-refractivity contribution in [3.05, 3.63) is 24.4 Å². The number of fused-ring (bicyclic) bond motifs is 1. The van der Waals surface area contributed by atoms with Crippen molar-refractivity contribution in [2.75, 3.05) is 13.1 Å². The van der Waals surface area contributed by atoms with Crippen molar-refractivity contribution >= 4 is 6.09 Å². The Labute approximate surface area is 102 Å². The molecule has 0 aromatic heterocycles. The minimum atomic E-state index is -0.472. The Bertz CT molecular complexity index is 368. The van der Waals surface area contributed by atoms with Crippen LogP contribution in [0.15, 0.2) is 24.4 Å². The van der Waals surface area contributed by atoms with Crippen LogP contribution in [0.5, 0.6) is 0 Å². The van der Waals surface area contributed by atoms with Gasteiger partial charge in [0.05, 0.1) is 6.20 Å². The fraction of sp³-hybridized carbons (Fsp3) is 0.583. The van der Waals surface area contributed by atoms with Crippen molar-refractivity contribution in [2.24, 2.45) is 0 Å². The molecule has 2 aliphatic heterocycles. The first-order valence-corrected chi connectivity index (χ1v) is 5.88. The number of carbonyl (C=O) groups is 1. The maximum absolute atomic E-state index is 11.8. The summed E-state index contributed by atoms with van der Waals surface area (Å²) in [7, 11) is 0. The molecule has 0 aromatic rings. The van der Waals surface area contributed by atoms with E-state index in [0.29, 0.717) is 0 Å². The molecule has 0 saturated carbocycles. The summed E-state index contributed by atoms with van der Waals surface area (Å²) < 4.78 is 5.30. The first-order valence-electron chi connectivity index (χ1n) is 5.88. The van der Waals surface area contributed by atoms with Crippen LogP contribution in [0.3, 0.4) is 0 Å². The molecule has 0 spiro atoms. The summed E-state index contributed by atoms with van der Waals surface area (Å²) in [5, 5.41) is 3.26. The molecule has 5 nitrogen and oxygen atoms in total. The van der Waals surface area contributed by atoms with E-state index in [-0.39, 0.29) is 6.09 Å². The second kappa shape index (κ2) is 4.31. The Morgan fingerprint density at radius 3 is 2.88 bits per heavy atom. The summed E-state index contributed by atoms with van der Waals surface area (Å²) in [6, 6.07) is 0. The van der Waals surface area contributed by atoms with Gasteiger partial charge in [0.1, 0.15) is 11.4 Å². The Morgan fingerprint density at radius 2 is 2.18 bits per heavy atom. The minimum Gasteiger partial charge on any atom is -0.443 e. The van der Waals surface area contributed by atoms with Gasteiger partial charge in [-0.05, 0) is 27.2 Å². The smallest absolute Gasteiger partial charge is 0.418 e. The molecule has 2 aliphatic rings. The van der Waals surface area contributed by atoms with Gasteiger partial charge in [0.25, 0.3) is 0 Å². The van der Waals surface area contributed by atoms with Crippen molar-refractivity contribution in [3.63, 3.8) is 0 Å². The molecule has 1 fully saturated rings. The fourth-order valence-corrected chi connectivity index (χ4v) is 1.72. The van der Waals surface area contributed by atoms with Crippen molar-refractivity contribution in [1.82, 2.24) is 15.1 Å². The summed E-state index contributed by atoms with van der Waals surface area (Å²) in [6.07, 6.45) is 6.14. The summed E-state index contributed by atoms with van der Waals surface area (Å²) in [6.45, 7) is 7.50. The lowest BCUT2D eigenvalue weighted by Crippen LogP contribution is -2.41. The van der Waals surface area contributed by atoms with E-state index in [9.17, 15) is 4.79 Å². The standard InChI is InChI=1S/C12H19N3O2/c1-12(2,3)17-11(16)15-8-7-14-6-4-5-13-10(14)9-15/h7-9,13H,4-6H2,1-3H3. The number of ether oxygens (including phenoxy) is 1. The molecule has 2 heterocycles. The lowest BCUT2D eigenvalue weighted by molar-refractivity contribution is 0.0388. The van der Waals surface area contributed by atoms with Crippen LogP contribution in [-0.4, -0.2) is 34.6 Å². The lowest BCUT2D eigenvalue weighted by Gasteiger charge is -2.34. The highest BCUT2D eigenvalue weighted by molar-refractivity contribution is 5.71. The Hall–Kier alpha value is -1.65. The topological polar surface area (TPSA) is 44.8 Å². The quantitative estimate of drug-likeness (QED) is 0.698. The molecule has 0 aliphatic carbocycles. The van der Waals surface area contributed by atoms with Crippen molar-refractivity contribution in [3.8, 4) is 0 Å². The highest BCUT2D eigenvalue weighted by Gasteiger charge is 2.24. The largest absolute Gasteiger partial charge is 0.443 e. The predicted molar refractivity (Wildman–Crippen MR) is 64.6 cm³/mol. The zero-order valence-corrected chi connectivity index (χ0v) is 10.6. The first kappa shape index (κ1) is 11.8. The average Bonchev–Trinajstić information content (AvgIpc) is 2.26. The summed E-state index contributed by atoms with van der Waals surface area (Å²) in [5.74, 6) is 0.949. The normalized spacial score (nSPS) is 19.4. The van der Waals surface area contributed by atoms with E-state index in [0.717, 1.165) is 25.3 Å². The third-order valence-electron chi connectivity index (χ3n) is 2.46. The van der Waals surface area contributed by atoms with Gasteiger partial charge in [-0.1, -0.05) is 0 Å². The van der Waals surface area contributed by atoms with Crippen molar-refractivity contribution < 1.29 is 9.53 Å². The van der Waals surface area contributed by atoms with Crippen LogP contribution < -0.4 is 5.32 Å². The van der Waals surface area contributed by atoms with Crippen LogP contribution in [0, 0.1) is 0 Å². The van der Waals surface area contributed by atoms with Gasteiger partial charge in [0, 0.05) is 25.5 Å². The monoisotopic (exact) mass is 237 g/mol. The van der Waals surface area contributed by atoms with Crippen LogP contribution in [0.1, 0.15) is 27.2 Å². The molecule has 94 valence electrons. The summed E-state index contributed by atoms with van der Waals surface area (Å²) >= 11 is 0. The van der Waals surface area contributed by atoms with Gasteiger partial charge >= 0.3 is 6.09 Å². The number of nitrogens with zero attached hydrogens (tertiary/aromatic N) is 2. The number of hydrogen-bond donors (Lipinski definition) is 1. The Morgan fingerprint density at radius 1 is 1.41 bits per heavy atom. The van der Waals surface area contributed by atoms with Gasteiger partial charge in [-0.3, -0.25) is 4.90 Å². The third-order valence-corrected chi connectivity index (χ3v) is 2.46. The fourth-order valence-electron chi connectivity index (χ4n) is 1.72. The number of nitrogens with one attached hydrogen (secondary N) is 1. The van der Waals surface area contributed by atoms with E-state index in [1.54, 1.807) is 12.4 Å². The van der Waals surface area contributed by atoms with Crippen LogP contribution in [-0.2, 0) is 4.74 Å². The molecule has 17 heavy (non-hydrogen) atoms. The van der Waals surface area contributed by atoms with Gasteiger partial charge in [-0.2, -0.15) is 0 Å². The van der Waals surface area contributed by atoms with Gasteiger partial charge in [0.15, 0.2) is 0 Å². The molecule has 0 unspecified atom stereocenters. The average molecular weight is 237 g/mol. The van der Waals surface area contributed by atoms with Gasteiger partial charge in [-0.15, -0.1) is 0 Å². The van der Waals surface area contributed by atoms with Gasteiger partial charge in [-0.25, -0.2) is 4.79 Å². The zero-order chi connectivity index (χ0) is 12.5. The number of amides is 1. The number of carbonyl (C=O) groups excluding carboxylic acids is 1. The summed E-state index contributed by atoms with van der Waals surface area (Å²) in [4.78, 5) is 15.4. The SMILES string of the molecule is CC(C)(C)OC(=O)N1C=CN2CCCNC2=C1. The first-order chi connectivity index (χ1) is 7.96. The number of hydrogen-bond acceptors (Lipinski definition) is 4. The molecule has 0 atom stereocenters. The summed E-state index contributed by atoms with van der Waals surface area (Å²) in [5.41, 5.74) is -0.472. The molecule has 0 radical (unpaired) electrons. The Kier molecular flexibility index (Phi) is 3.00. The minimum absolute atomic E-state index is 0.353. The second-order valence-electron chi connectivity index (χ2n) is 5.17. The van der Waals surface area contributed by atoms with E-state index in [2.05, 4.69) is 10.2 Å². The molecular formula is C12H19N3O2. The van der Waals surface area contributed by atoms with Crippen LogP contribution in [0.4, 0.5) is 4.79 Å². The van der Waals surface area contributed by atoms with Crippen LogP contribution >= 0.6 is 0 Å². The Balaban J connectivity index is 2.04. The molecule has 2 rings (SSSR count). The van der Waals surface area contributed by atoms with E-state index < -0.39 is 5.60 Å². The van der Waals surface area contributed by atoms with Gasteiger partial charge in [0.2, 0.25) is 0 Å². The van der Waals surface area contributed by atoms with Crippen LogP contribution in [0.2, 0.25) is 0 Å². The lowest BCUT2D eigenvalue weighted by atomic mass is 10.2. The second-order valence-corrected chi connectivity index (χ2v) is 5.17. The maximum atomic E-state index is 11.8. The number of rotatable bonds is 0. The van der Waals surface area contributed by atoms with Crippen molar-refractivity contribution in [1.29, 1.82) is 0 Å². The molecular weight excluding hydrogens is 218 g/mol. The van der Waals surface area contributed by atoms with Crippen molar-refractivity contribution in [2.45, 2.75) is 32.8 Å². The van der Waals surface area contributed by atoms with Gasteiger partial charge < -0.3 is 15.0 Å². The molecule has 0 aromatic carbocycles. The zero-order valence-electron chi connectivity index (χ0n) is 10.6. The highest BCUT2D eigenvalue weighted by atomic mass is 16.6. The molecule has 1 amide bonds. The third kappa shape index (κ3) is 2.93. The molecule has 1 N–H and O–H groups in total. The van der Waals surface area contributed by atoms with E-state index in [1.807, 2.05) is 27.0 Å². The van der Waals surface area contributed by atoms with E-state index >= 15 is 0 Å². The molecule has 0 bridgehead atoms. The highest BCUT2D eigenvalue weighted by Crippen LogP contribution is 2.17.